The Morgan fingerprint density at radius 3 is 2.86 bits per heavy atom. The maximum absolute atomic E-state index is 11.8. The zero-order valence-corrected chi connectivity index (χ0v) is 12.6. The molecule has 0 aliphatic carbocycles. The van der Waals surface area contributed by atoms with Gasteiger partial charge in [0.15, 0.2) is 0 Å². The van der Waals surface area contributed by atoms with Crippen molar-refractivity contribution in [3.05, 3.63) is 48.0 Å². The summed E-state index contributed by atoms with van der Waals surface area (Å²) in [4.78, 5) is 16.1. The predicted octanol–water partition coefficient (Wildman–Crippen LogP) is 4.07. The summed E-state index contributed by atoms with van der Waals surface area (Å²) in [6.45, 7) is 0. The van der Waals surface area contributed by atoms with Crippen LogP contribution >= 0.6 is 11.8 Å². The first-order valence-electron chi connectivity index (χ1n) is 6.87. The number of thioether (sulfide) groups is 1. The molecular weight excluding hydrogens is 298 g/mol. The minimum atomic E-state index is -0.829. The molecule has 0 amide bonds. The van der Waals surface area contributed by atoms with Gasteiger partial charge in [0, 0.05) is 26.9 Å². The highest BCUT2D eigenvalue weighted by atomic mass is 32.2. The van der Waals surface area contributed by atoms with Crippen molar-refractivity contribution in [3.63, 3.8) is 0 Å². The number of aromatic nitrogens is 1. The number of nitrogens with one attached hydrogen (secondary N) is 1. The molecule has 5 heteroatoms. The number of carboxylic acids is 1. The molecule has 3 aromatic rings. The second-order valence-electron chi connectivity index (χ2n) is 5.16. The van der Waals surface area contributed by atoms with E-state index in [9.17, 15) is 9.90 Å². The van der Waals surface area contributed by atoms with E-state index in [0.29, 0.717) is 0 Å². The summed E-state index contributed by atoms with van der Waals surface area (Å²) in [5, 5.41) is 9.94. The van der Waals surface area contributed by atoms with E-state index >= 15 is 0 Å². The van der Waals surface area contributed by atoms with Crippen LogP contribution in [0.4, 0.5) is 0 Å². The highest BCUT2D eigenvalue weighted by Crippen LogP contribution is 2.51. The number of benzene rings is 2. The van der Waals surface area contributed by atoms with Crippen molar-refractivity contribution in [1.82, 2.24) is 4.98 Å². The number of carboxylic acid groups (broad SMARTS) is 1. The van der Waals surface area contributed by atoms with Crippen LogP contribution in [-0.2, 0) is 4.79 Å². The molecular formula is C17H13NO3S. The molecule has 1 aliphatic heterocycles. The molecule has 1 aliphatic rings. The summed E-state index contributed by atoms with van der Waals surface area (Å²) < 4.78 is 5.28. The molecule has 1 unspecified atom stereocenters. The Kier molecular flexibility index (Phi) is 2.90. The zero-order valence-electron chi connectivity index (χ0n) is 11.8. The standard InChI is InChI=1S/C17H13NO3S/c1-21-9-6-7-12-11(8-9)14-15(18-12)10-4-2-3-5-13(10)22-16(14)17(19)20/h2-8,16,18H,1H3,(H,19,20). The smallest absolute Gasteiger partial charge is 0.321 e. The monoisotopic (exact) mass is 311 g/mol. The number of methoxy groups -OCH3 is 1. The number of hydrogen-bond acceptors (Lipinski definition) is 3. The molecule has 0 saturated carbocycles. The molecule has 2 N–H and O–H groups in total. The van der Waals surface area contributed by atoms with E-state index in [1.165, 1.54) is 11.8 Å². The Morgan fingerprint density at radius 2 is 2.09 bits per heavy atom. The zero-order chi connectivity index (χ0) is 15.3. The lowest BCUT2D eigenvalue weighted by atomic mass is 10.0. The second kappa shape index (κ2) is 4.81. The molecule has 2 aromatic carbocycles. The molecule has 0 spiro atoms. The van der Waals surface area contributed by atoms with Gasteiger partial charge in [0.25, 0.3) is 0 Å². The SMILES string of the molecule is COc1ccc2[nH]c3c(c2c1)C(C(=O)O)Sc1ccccc1-3. The lowest BCUT2D eigenvalue weighted by Gasteiger charge is -2.21. The minimum Gasteiger partial charge on any atom is -0.497 e. The summed E-state index contributed by atoms with van der Waals surface area (Å²) in [6.07, 6.45) is 0. The minimum absolute atomic E-state index is 0.620. The van der Waals surface area contributed by atoms with Crippen molar-refractivity contribution in [2.45, 2.75) is 10.1 Å². The van der Waals surface area contributed by atoms with Crippen LogP contribution < -0.4 is 4.74 Å². The molecule has 0 fully saturated rings. The van der Waals surface area contributed by atoms with Crippen LogP contribution in [0, 0.1) is 0 Å². The topological polar surface area (TPSA) is 62.3 Å². The van der Waals surface area contributed by atoms with E-state index < -0.39 is 11.2 Å². The fourth-order valence-corrected chi connectivity index (χ4v) is 4.11. The predicted molar refractivity (Wildman–Crippen MR) is 86.5 cm³/mol. The lowest BCUT2D eigenvalue weighted by Crippen LogP contribution is -2.11. The fraction of sp³-hybridized carbons (Fsp3) is 0.118. The van der Waals surface area contributed by atoms with Gasteiger partial charge in [-0.25, -0.2) is 0 Å². The van der Waals surface area contributed by atoms with Crippen molar-refractivity contribution in [1.29, 1.82) is 0 Å². The van der Waals surface area contributed by atoms with Crippen molar-refractivity contribution in [3.8, 4) is 17.0 Å². The van der Waals surface area contributed by atoms with Gasteiger partial charge < -0.3 is 14.8 Å². The van der Waals surface area contributed by atoms with Gasteiger partial charge in [-0.3, -0.25) is 4.79 Å². The van der Waals surface area contributed by atoms with Crippen LogP contribution in [0.15, 0.2) is 47.4 Å². The van der Waals surface area contributed by atoms with Crippen molar-refractivity contribution >= 4 is 28.6 Å². The van der Waals surface area contributed by atoms with Gasteiger partial charge in [0.2, 0.25) is 0 Å². The van der Waals surface area contributed by atoms with E-state index in [-0.39, 0.29) is 0 Å². The summed E-state index contributed by atoms with van der Waals surface area (Å²) in [7, 11) is 1.61. The average Bonchev–Trinajstić information content (AvgIpc) is 2.92. The molecule has 4 nitrogen and oxygen atoms in total. The van der Waals surface area contributed by atoms with Gasteiger partial charge in [-0.05, 0) is 24.3 Å². The van der Waals surface area contributed by atoms with E-state index in [1.54, 1.807) is 7.11 Å². The van der Waals surface area contributed by atoms with Crippen LogP contribution in [0.3, 0.4) is 0 Å². The number of aromatic amines is 1. The van der Waals surface area contributed by atoms with Crippen LogP contribution in [-0.4, -0.2) is 23.2 Å². The molecule has 0 saturated heterocycles. The van der Waals surface area contributed by atoms with E-state index in [0.717, 1.165) is 38.4 Å². The summed E-state index contributed by atoms with van der Waals surface area (Å²) in [5.74, 6) is -0.105. The Bertz CT molecular complexity index is 900. The molecule has 0 radical (unpaired) electrons. The first-order valence-corrected chi connectivity index (χ1v) is 7.75. The molecule has 2 heterocycles. The van der Waals surface area contributed by atoms with Crippen LogP contribution in [0.25, 0.3) is 22.2 Å². The van der Waals surface area contributed by atoms with Gasteiger partial charge in [-0.1, -0.05) is 18.2 Å². The lowest BCUT2D eigenvalue weighted by molar-refractivity contribution is -0.136. The highest BCUT2D eigenvalue weighted by molar-refractivity contribution is 8.00. The van der Waals surface area contributed by atoms with Crippen LogP contribution in [0.2, 0.25) is 0 Å². The Morgan fingerprint density at radius 1 is 1.27 bits per heavy atom. The van der Waals surface area contributed by atoms with Crippen molar-refractivity contribution in [2.24, 2.45) is 0 Å². The molecule has 0 bridgehead atoms. The van der Waals surface area contributed by atoms with Crippen LogP contribution in [0.1, 0.15) is 10.8 Å². The first kappa shape index (κ1) is 13.3. The third kappa shape index (κ3) is 1.82. The number of aliphatic carboxylic acids is 1. The maximum atomic E-state index is 11.8. The van der Waals surface area contributed by atoms with E-state index in [4.69, 9.17) is 4.74 Å². The normalized spacial score (nSPS) is 16.1. The van der Waals surface area contributed by atoms with E-state index in [2.05, 4.69) is 4.98 Å². The third-order valence-corrected chi connectivity index (χ3v) is 5.22. The van der Waals surface area contributed by atoms with Crippen molar-refractivity contribution in [2.75, 3.05) is 7.11 Å². The number of rotatable bonds is 2. The quantitative estimate of drug-likeness (QED) is 0.748. The van der Waals surface area contributed by atoms with Gasteiger partial charge in [0.1, 0.15) is 11.0 Å². The van der Waals surface area contributed by atoms with Gasteiger partial charge in [-0.2, -0.15) is 0 Å². The number of hydrogen-bond donors (Lipinski definition) is 2. The van der Waals surface area contributed by atoms with E-state index in [1.807, 2.05) is 42.5 Å². The van der Waals surface area contributed by atoms with Crippen molar-refractivity contribution < 1.29 is 14.6 Å². The number of fused-ring (bicyclic) bond motifs is 5. The number of carbonyl (C=O) groups is 1. The average molecular weight is 311 g/mol. The summed E-state index contributed by atoms with van der Waals surface area (Å²) in [5.41, 5.74) is 3.69. The molecule has 4 rings (SSSR count). The highest BCUT2D eigenvalue weighted by Gasteiger charge is 2.33. The Hall–Kier alpha value is -2.40. The number of H-pyrrole nitrogens is 1. The molecule has 1 aromatic heterocycles. The van der Waals surface area contributed by atoms with Gasteiger partial charge in [-0.15, -0.1) is 11.8 Å². The molecule has 110 valence electrons. The summed E-state index contributed by atoms with van der Waals surface area (Å²) in [6, 6.07) is 13.6. The first-order chi connectivity index (χ1) is 10.7. The summed E-state index contributed by atoms with van der Waals surface area (Å²) >= 11 is 1.38. The number of ether oxygens (including phenoxy) is 1. The Labute approximate surface area is 131 Å². The third-order valence-electron chi connectivity index (χ3n) is 3.93. The van der Waals surface area contributed by atoms with Crippen LogP contribution in [0.5, 0.6) is 5.75 Å². The Balaban J connectivity index is 2.07. The molecule has 1 atom stereocenters. The van der Waals surface area contributed by atoms with Gasteiger partial charge in [0.05, 0.1) is 12.8 Å². The largest absolute Gasteiger partial charge is 0.497 e. The second-order valence-corrected chi connectivity index (χ2v) is 6.30. The maximum Gasteiger partial charge on any atom is 0.321 e. The molecule has 22 heavy (non-hydrogen) atoms. The van der Waals surface area contributed by atoms with Gasteiger partial charge >= 0.3 is 5.97 Å². The fourth-order valence-electron chi connectivity index (χ4n) is 2.94.